The van der Waals surface area contributed by atoms with E-state index in [9.17, 15) is 0 Å². The van der Waals surface area contributed by atoms with Crippen LogP contribution in [0.1, 0.15) is 40.0 Å². The van der Waals surface area contributed by atoms with E-state index in [-0.39, 0.29) is 5.54 Å². The molecule has 0 aromatic rings. The summed E-state index contributed by atoms with van der Waals surface area (Å²) >= 11 is 0. The van der Waals surface area contributed by atoms with Gasteiger partial charge in [0.1, 0.15) is 0 Å². The largest absolute Gasteiger partial charge is 0.314 e. The molecule has 0 aromatic heterocycles. The van der Waals surface area contributed by atoms with Crippen LogP contribution >= 0.6 is 0 Å². The highest BCUT2D eigenvalue weighted by Crippen LogP contribution is 2.17. The average molecular weight is 198 g/mol. The van der Waals surface area contributed by atoms with Gasteiger partial charge >= 0.3 is 0 Å². The standard InChI is InChI=1S/C12H26N2/c1-11-6-5-8-14(9-7-11)10-12(2,3)13-4/h11,13H,5-10H2,1-4H3. The molecule has 0 radical (unpaired) electrons. The fourth-order valence-corrected chi connectivity index (χ4v) is 2.12. The second-order valence-corrected chi connectivity index (χ2v) is 5.45. The van der Waals surface area contributed by atoms with Crippen molar-refractivity contribution in [2.75, 3.05) is 26.7 Å². The number of nitrogens with zero attached hydrogens (tertiary/aromatic N) is 1. The van der Waals surface area contributed by atoms with Crippen molar-refractivity contribution in [1.29, 1.82) is 0 Å². The van der Waals surface area contributed by atoms with E-state index in [4.69, 9.17) is 0 Å². The Hall–Kier alpha value is -0.0800. The molecule has 1 aliphatic heterocycles. The van der Waals surface area contributed by atoms with Crippen LogP contribution in [0.2, 0.25) is 0 Å². The molecular weight excluding hydrogens is 172 g/mol. The van der Waals surface area contributed by atoms with E-state index < -0.39 is 0 Å². The molecule has 1 heterocycles. The third kappa shape index (κ3) is 3.97. The van der Waals surface area contributed by atoms with Gasteiger partial charge in [0.25, 0.3) is 0 Å². The molecule has 14 heavy (non-hydrogen) atoms. The van der Waals surface area contributed by atoms with E-state index in [1.165, 1.54) is 38.9 Å². The predicted molar refractivity (Wildman–Crippen MR) is 62.6 cm³/mol. The summed E-state index contributed by atoms with van der Waals surface area (Å²) in [5.41, 5.74) is 0.258. The van der Waals surface area contributed by atoms with Crippen LogP contribution in [0.5, 0.6) is 0 Å². The van der Waals surface area contributed by atoms with E-state index >= 15 is 0 Å². The molecule has 1 fully saturated rings. The monoisotopic (exact) mass is 198 g/mol. The summed E-state index contributed by atoms with van der Waals surface area (Å²) in [6, 6.07) is 0. The van der Waals surface area contributed by atoms with Crippen molar-refractivity contribution < 1.29 is 0 Å². The van der Waals surface area contributed by atoms with E-state index in [2.05, 4.69) is 38.0 Å². The maximum atomic E-state index is 3.38. The number of rotatable bonds is 3. The highest BCUT2D eigenvalue weighted by molar-refractivity contribution is 4.81. The molecule has 2 heteroatoms. The Kier molecular flexibility index (Phi) is 4.39. The van der Waals surface area contributed by atoms with Gasteiger partial charge in [-0.3, -0.25) is 0 Å². The molecule has 0 amide bonds. The van der Waals surface area contributed by atoms with Gasteiger partial charge in [0.05, 0.1) is 0 Å². The van der Waals surface area contributed by atoms with Crippen LogP contribution in [0, 0.1) is 5.92 Å². The first-order valence-electron chi connectivity index (χ1n) is 5.95. The second kappa shape index (κ2) is 5.13. The minimum atomic E-state index is 0.258. The van der Waals surface area contributed by atoms with Crippen LogP contribution in [0.3, 0.4) is 0 Å². The van der Waals surface area contributed by atoms with Gasteiger partial charge in [0.2, 0.25) is 0 Å². The van der Waals surface area contributed by atoms with E-state index in [0.717, 1.165) is 5.92 Å². The summed E-state index contributed by atoms with van der Waals surface area (Å²) in [7, 11) is 2.06. The van der Waals surface area contributed by atoms with Crippen molar-refractivity contribution in [2.45, 2.75) is 45.6 Å². The fraction of sp³-hybridized carbons (Fsp3) is 1.00. The van der Waals surface area contributed by atoms with Crippen molar-refractivity contribution in [3.05, 3.63) is 0 Å². The molecular formula is C12H26N2. The number of hydrogen-bond acceptors (Lipinski definition) is 2. The first kappa shape index (κ1) is 12.0. The predicted octanol–water partition coefficient (Wildman–Crippen LogP) is 2.11. The Morgan fingerprint density at radius 1 is 1.29 bits per heavy atom. The highest BCUT2D eigenvalue weighted by Gasteiger charge is 2.21. The van der Waals surface area contributed by atoms with Gasteiger partial charge in [-0.2, -0.15) is 0 Å². The number of likely N-dealkylation sites (tertiary alicyclic amines) is 1. The van der Waals surface area contributed by atoms with Crippen LogP contribution in [-0.2, 0) is 0 Å². The zero-order valence-electron chi connectivity index (χ0n) is 10.3. The molecule has 1 atom stereocenters. The van der Waals surface area contributed by atoms with Crippen LogP contribution < -0.4 is 5.32 Å². The SMILES string of the molecule is CNC(C)(C)CN1CCCC(C)CC1. The maximum Gasteiger partial charge on any atom is 0.0249 e. The van der Waals surface area contributed by atoms with Crippen molar-refractivity contribution >= 4 is 0 Å². The fourth-order valence-electron chi connectivity index (χ4n) is 2.12. The second-order valence-electron chi connectivity index (χ2n) is 5.45. The lowest BCUT2D eigenvalue weighted by molar-refractivity contribution is 0.211. The molecule has 1 aliphatic rings. The first-order chi connectivity index (χ1) is 6.53. The molecule has 1 N–H and O–H groups in total. The molecule has 1 saturated heterocycles. The number of hydrogen-bond donors (Lipinski definition) is 1. The molecule has 1 unspecified atom stereocenters. The Morgan fingerprint density at radius 3 is 2.64 bits per heavy atom. The normalized spacial score (nSPS) is 26.1. The minimum absolute atomic E-state index is 0.258. The summed E-state index contributed by atoms with van der Waals surface area (Å²) < 4.78 is 0. The summed E-state index contributed by atoms with van der Waals surface area (Å²) in [5.74, 6) is 0.928. The molecule has 0 aromatic carbocycles. The lowest BCUT2D eigenvalue weighted by Gasteiger charge is -2.31. The molecule has 0 bridgehead atoms. The van der Waals surface area contributed by atoms with Gasteiger partial charge in [-0.1, -0.05) is 6.92 Å². The van der Waals surface area contributed by atoms with E-state index in [1.807, 2.05) is 0 Å². The zero-order valence-corrected chi connectivity index (χ0v) is 10.3. The molecule has 2 nitrogen and oxygen atoms in total. The zero-order chi connectivity index (χ0) is 10.6. The number of likely N-dealkylation sites (N-methyl/N-ethyl adjacent to an activating group) is 1. The minimum Gasteiger partial charge on any atom is -0.314 e. The van der Waals surface area contributed by atoms with Crippen molar-refractivity contribution in [1.82, 2.24) is 10.2 Å². The van der Waals surface area contributed by atoms with Crippen molar-refractivity contribution in [3.8, 4) is 0 Å². The van der Waals surface area contributed by atoms with Crippen LogP contribution in [0.25, 0.3) is 0 Å². The van der Waals surface area contributed by atoms with Gasteiger partial charge in [-0.05, 0) is 59.2 Å². The topological polar surface area (TPSA) is 15.3 Å². The lowest BCUT2D eigenvalue weighted by atomic mass is 10.0. The van der Waals surface area contributed by atoms with E-state index in [0.29, 0.717) is 0 Å². The molecule has 1 rings (SSSR count). The molecule has 84 valence electrons. The Balaban J connectivity index is 2.37. The average Bonchev–Trinajstić information content (AvgIpc) is 2.31. The molecule has 0 spiro atoms. The van der Waals surface area contributed by atoms with Crippen molar-refractivity contribution in [2.24, 2.45) is 5.92 Å². The number of nitrogens with one attached hydrogen (secondary N) is 1. The first-order valence-corrected chi connectivity index (χ1v) is 5.95. The Labute approximate surface area is 89.1 Å². The third-order valence-corrected chi connectivity index (χ3v) is 3.41. The summed E-state index contributed by atoms with van der Waals surface area (Å²) in [6.45, 7) is 10.7. The lowest BCUT2D eigenvalue weighted by Crippen LogP contribution is -2.47. The molecule has 0 aliphatic carbocycles. The highest BCUT2D eigenvalue weighted by atomic mass is 15.2. The Morgan fingerprint density at radius 2 is 2.00 bits per heavy atom. The summed E-state index contributed by atoms with van der Waals surface area (Å²) in [6.07, 6.45) is 4.16. The van der Waals surface area contributed by atoms with Gasteiger partial charge < -0.3 is 10.2 Å². The van der Waals surface area contributed by atoms with Crippen LogP contribution in [0.15, 0.2) is 0 Å². The smallest absolute Gasteiger partial charge is 0.0249 e. The van der Waals surface area contributed by atoms with Gasteiger partial charge in [-0.15, -0.1) is 0 Å². The van der Waals surface area contributed by atoms with Gasteiger partial charge in [0, 0.05) is 12.1 Å². The molecule has 0 saturated carbocycles. The summed E-state index contributed by atoms with van der Waals surface area (Å²) in [4.78, 5) is 2.61. The Bertz CT molecular complexity index is 166. The third-order valence-electron chi connectivity index (χ3n) is 3.41. The van der Waals surface area contributed by atoms with Crippen LogP contribution in [0.4, 0.5) is 0 Å². The van der Waals surface area contributed by atoms with Gasteiger partial charge in [-0.25, -0.2) is 0 Å². The van der Waals surface area contributed by atoms with Crippen molar-refractivity contribution in [3.63, 3.8) is 0 Å². The summed E-state index contributed by atoms with van der Waals surface area (Å²) in [5, 5.41) is 3.38. The van der Waals surface area contributed by atoms with Crippen LogP contribution in [-0.4, -0.2) is 37.1 Å². The van der Waals surface area contributed by atoms with Gasteiger partial charge in [0.15, 0.2) is 0 Å². The quantitative estimate of drug-likeness (QED) is 0.747. The van der Waals surface area contributed by atoms with E-state index in [1.54, 1.807) is 0 Å². The maximum absolute atomic E-state index is 3.38.